The lowest BCUT2D eigenvalue weighted by molar-refractivity contribution is -0.304. The minimum Gasteiger partial charge on any atom is -0.460 e. The molecule has 1 saturated heterocycles. The maximum Gasteiger partial charge on any atom is 0.318 e. The van der Waals surface area contributed by atoms with Crippen molar-refractivity contribution in [3.05, 3.63) is 12.2 Å². The summed E-state index contributed by atoms with van der Waals surface area (Å²) in [5, 5.41) is 5.90. The van der Waals surface area contributed by atoms with Gasteiger partial charge in [-0.2, -0.15) is 0 Å². The van der Waals surface area contributed by atoms with Crippen LogP contribution in [0.5, 0.6) is 0 Å². The third kappa shape index (κ3) is 15.7. The highest BCUT2D eigenvalue weighted by molar-refractivity contribution is 5.82. The van der Waals surface area contributed by atoms with Crippen LogP contribution in [-0.2, 0) is 23.8 Å². The van der Waals surface area contributed by atoms with Crippen LogP contribution in [0.1, 0.15) is 171 Å². The molecule has 9 nitrogen and oxygen atoms in total. The van der Waals surface area contributed by atoms with E-state index in [9.17, 15) is 14.4 Å². The van der Waals surface area contributed by atoms with E-state index in [1.165, 1.54) is 57.8 Å². The summed E-state index contributed by atoms with van der Waals surface area (Å²) in [7, 11) is 0. The molecule has 2 aliphatic rings. The molecule has 2 N–H and O–H groups in total. The van der Waals surface area contributed by atoms with E-state index in [0.717, 1.165) is 51.4 Å². The first-order chi connectivity index (χ1) is 23.2. The monoisotopic (exact) mass is 692 g/mol. The van der Waals surface area contributed by atoms with Gasteiger partial charge in [0.1, 0.15) is 12.2 Å². The van der Waals surface area contributed by atoms with E-state index < -0.39 is 17.3 Å². The molecule has 0 radical (unpaired) electrons. The van der Waals surface area contributed by atoms with Crippen LogP contribution in [0.4, 0.5) is 4.79 Å². The highest BCUT2D eigenvalue weighted by Crippen LogP contribution is 2.35. The van der Waals surface area contributed by atoms with Gasteiger partial charge in [-0.1, -0.05) is 90.7 Å². The predicted molar refractivity (Wildman–Crippen MR) is 198 cm³/mol. The third-order valence-corrected chi connectivity index (χ3v) is 10.1. The Morgan fingerprint density at radius 1 is 0.857 bits per heavy atom. The molecule has 3 unspecified atom stereocenters. The van der Waals surface area contributed by atoms with Gasteiger partial charge in [0.15, 0.2) is 5.79 Å². The second-order valence-corrected chi connectivity index (χ2v) is 16.1. The summed E-state index contributed by atoms with van der Waals surface area (Å²) < 4.78 is 17.7. The molecule has 49 heavy (non-hydrogen) atoms. The van der Waals surface area contributed by atoms with Crippen LogP contribution >= 0.6 is 0 Å². The molecule has 0 spiro atoms. The molecule has 0 aromatic heterocycles. The molecule has 9 heteroatoms. The largest absolute Gasteiger partial charge is 0.460 e. The number of nitrogens with one attached hydrogen (secondary N) is 2. The van der Waals surface area contributed by atoms with Crippen LogP contribution in [0.3, 0.4) is 0 Å². The van der Waals surface area contributed by atoms with Crippen molar-refractivity contribution in [2.45, 2.75) is 201 Å². The molecule has 0 bridgehead atoms. The van der Waals surface area contributed by atoms with Crippen molar-refractivity contribution < 1.29 is 28.6 Å². The van der Waals surface area contributed by atoms with Crippen molar-refractivity contribution in [2.24, 2.45) is 5.41 Å². The number of unbranched alkanes of at least 4 members (excludes halogenated alkanes) is 10. The molecule has 0 aromatic rings. The van der Waals surface area contributed by atoms with Gasteiger partial charge in [-0.15, -0.1) is 0 Å². The Morgan fingerprint density at radius 3 is 2.12 bits per heavy atom. The van der Waals surface area contributed by atoms with Crippen molar-refractivity contribution in [1.29, 1.82) is 0 Å². The summed E-state index contributed by atoms with van der Waals surface area (Å²) >= 11 is 0. The first-order valence-corrected chi connectivity index (χ1v) is 19.7. The zero-order valence-electron chi connectivity index (χ0n) is 32.6. The summed E-state index contributed by atoms with van der Waals surface area (Å²) in [6.07, 6.45) is 23.1. The Kier molecular flexibility index (Phi) is 19.3. The molecular formula is C40H73N3O6. The summed E-state index contributed by atoms with van der Waals surface area (Å²) in [6, 6.07) is -0.283. The van der Waals surface area contributed by atoms with Gasteiger partial charge in [0, 0.05) is 24.0 Å². The topological polar surface area (TPSA) is 106 Å². The van der Waals surface area contributed by atoms with E-state index in [1.54, 1.807) is 13.8 Å². The van der Waals surface area contributed by atoms with Crippen LogP contribution in [0.2, 0.25) is 0 Å². The number of amides is 3. The lowest BCUT2D eigenvalue weighted by atomic mass is 9.85. The quantitative estimate of drug-likeness (QED) is 0.0667. The van der Waals surface area contributed by atoms with Crippen LogP contribution in [-0.4, -0.2) is 72.1 Å². The van der Waals surface area contributed by atoms with Gasteiger partial charge in [0.25, 0.3) is 0 Å². The van der Waals surface area contributed by atoms with Gasteiger partial charge in [0.2, 0.25) is 5.91 Å². The molecule has 3 amide bonds. The van der Waals surface area contributed by atoms with Crippen LogP contribution in [0.25, 0.3) is 0 Å². The van der Waals surface area contributed by atoms with E-state index in [0.29, 0.717) is 13.2 Å². The lowest BCUT2D eigenvalue weighted by Crippen LogP contribution is -2.61. The van der Waals surface area contributed by atoms with Gasteiger partial charge in [-0.05, 0) is 86.0 Å². The standard InChI is InChI=1S/C40H73N3O6/c1-9-11-12-13-14-15-16-17-18-19-20-21-22-25-29-39(5,6)43(37(46)41-10-2)32-26-23-24-27-33(32)48-34(44)28-30-42-36(45)35-38(3,4)31-47-40(7,8)49-35/h17-18,32-33,35H,9-16,19-31H2,1-8H3,(H,41,46)(H,42,45). The molecule has 1 aliphatic heterocycles. The third-order valence-electron chi connectivity index (χ3n) is 10.1. The maximum absolute atomic E-state index is 13.6. The second kappa shape index (κ2) is 21.9. The number of esters is 1. The zero-order valence-corrected chi connectivity index (χ0v) is 32.6. The Labute approximate surface area is 299 Å². The van der Waals surface area contributed by atoms with E-state index in [4.69, 9.17) is 14.2 Å². The van der Waals surface area contributed by atoms with Gasteiger partial charge in [0.05, 0.1) is 19.1 Å². The minimum absolute atomic E-state index is 0.0563. The van der Waals surface area contributed by atoms with Gasteiger partial charge < -0.3 is 29.7 Å². The van der Waals surface area contributed by atoms with Gasteiger partial charge in [-0.25, -0.2) is 4.79 Å². The van der Waals surface area contributed by atoms with E-state index in [-0.39, 0.29) is 48.6 Å². The molecular weight excluding hydrogens is 618 g/mol. The molecule has 1 saturated carbocycles. The summed E-state index contributed by atoms with van der Waals surface area (Å²) in [6.45, 7) is 17.1. The number of ether oxygens (including phenoxy) is 3. The first kappa shape index (κ1) is 43.0. The summed E-state index contributed by atoms with van der Waals surface area (Å²) in [5.41, 5.74) is -0.879. The summed E-state index contributed by atoms with van der Waals surface area (Å²) in [4.78, 5) is 41.6. The van der Waals surface area contributed by atoms with E-state index in [1.807, 2.05) is 25.7 Å². The van der Waals surface area contributed by atoms with Gasteiger partial charge in [-0.3, -0.25) is 9.59 Å². The lowest BCUT2D eigenvalue weighted by Gasteiger charge is -2.47. The van der Waals surface area contributed by atoms with E-state index >= 15 is 0 Å². The number of allylic oxidation sites excluding steroid dienone is 2. The molecule has 284 valence electrons. The summed E-state index contributed by atoms with van der Waals surface area (Å²) in [5.74, 6) is -1.46. The number of hydrogen-bond donors (Lipinski definition) is 2. The number of carbonyl (C=O) groups is 3. The Morgan fingerprint density at radius 2 is 1.47 bits per heavy atom. The SMILES string of the molecule is CCCCCCCCC=CCCCCCCC(C)(C)N(C(=O)NCC)C1CCCCC1OC(=O)CCNC(=O)C1OC(C)(C)OCC1(C)C. The van der Waals surface area contributed by atoms with E-state index in [2.05, 4.69) is 43.6 Å². The second-order valence-electron chi connectivity index (χ2n) is 16.1. The number of carbonyl (C=O) groups excluding carboxylic acids is 3. The van der Waals surface area contributed by atoms with Crippen LogP contribution < -0.4 is 10.6 Å². The Balaban J connectivity index is 1.85. The van der Waals surface area contributed by atoms with Crippen molar-refractivity contribution in [3.8, 4) is 0 Å². The molecule has 2 rings (SSSR count). The Bertz CT molecular complexity index is 1010. The first-order valence-electron chi connectivity index (χ1n) is 19.7. The fourth-order valence-electron chi connectivity index (χ4n) is 7.12. The molecule has 1 heterocycles. The van der Waals surface area contributed by atoms with Crippen molar-refractivity contribution in [3.63, 3.8) is 0 Å². The smallest absolute Gasteiger partial charge is 0.318 e. The minimum atomic E-state index is -0.847. The van der Waals surface area contributed by atoms with Crippen molar-refractivity contribution in [2.75, 3.05) is 19.7 Å². The molecule has 3 atom stereocenters. The number of nitrogens with zero attached hydrogens (tertiary/aromatic N) is 1. The average molecular weight is 692 g/mol. The average Bonchev–Trinajstić information content (AvgIpc) is 3.03. The molecule has 1 aliphatic carbocycles. The normalized spacial score (nSPS) is 22.1. The molecule has 2 fully saturated rings. The number of urea groups is 1. The highest BCUT2D eigenvalue weighted by Gasteiger charge is 2.46. The number of rotatable bonds is 22. The van der Waals surface area contributed by atoms with Gasteiger partial charge >= 0.3 is 12.0 Å². The fourth-order valence-corrected chi connectivity index (χ4v) is 7.12. The van der Waals surface area contributed by atoms with Crippen molar-refractivity contribution >= 4 is 17.9 Å². The molecule has 0 aromatic carbocycles. The van der Waals surface area contributed by atoms with Crippen LogP contribution in [0.15, 0.2) is 12.2 Å². The predicted octanol–water partition coefficient (Wildman–Crippen LogP) is 8.98. The zero-order chi connectivity index (χ0) is 36.3. The van der Waals surface area contributed by atoms with Crippen molar-refractivity contribution in [1.82, 2.24) is 15.5 Å². The fraction of sp³-hybridized carbons (Fsp3) is 0.875. The van der Waals surface area contributed by atoms with Crippen LogP contribution in [0, 0.1) is 5.41 Å². The number of hydrogen-bond acceptors (Lipinski definition) is 6. The maximum atomic E-state index is 13.6. The Hall–Kier alpha value is -2.13. The highest BCUT2D eigenvalue weighted by atomic mass is 16.7.